The number of hydrogen-bond acceptors (Lipinski definition) is 11. The first-order valence-corrected chi connectivity index (χ1v) is 12.3. The van der Waals surface area contributed by atoms with Crippen molar-refractivity contribution in [3.05, 3.63) is 16.7 Å². The molecule has 4 N–H and O–H groups in total. The molecule has 1 unspecified atom stereocenters. The van der Waals surface area contributed by atoms with Gasteiger partial charge in [-0.3, -0.25) is 29.3 Å². The Kier molecular flexibility index (Phi) is 10.6. The maximum absolute atomic E-state index is 12.8. The van der Waals surface area contributed by atoms with Crippen molar-refractivity contribution in [1.82, 2.24) is 19.5 Å². The number of H-pyrrole nitrogens is 1. The maximum Gasteiger partial charge on any atom is 0.302 e. The number of hydrogen-bond donors (Lipinski definition) is 4. The number of carbonyl (C=O) groups is 2. The van der Waals surface area contributed by atoms with E-state index >= 15 is 0 Å². The topological polar surface area (TPSA) is 187 Å². The first-order chi connectivity index (χ1) is 18.4. The number of Topliss-reactive ketones (excluding diaryl/α,β-unsaturated/α-hetero) is 1. The number of aromatic amines is 1. The molecule has 16 heteroatoms. The molecule has 14 nitrogen and oxygen atoms in total. The Labute approximate surface area is 221 Å². The molecule has 1 fully saturated rings. The van der Waals surface area contributed by atoms with Crippen LogP contribution >= 0.6 is 0 Å². The van der Waals surface area contributed by atoms with Gasteiger partial charge in [-0.2, -0.15) is 13.8 Å². The molecule has 1 amide bonds. The second-order valence-electron chi connectivity index (χ2n) is 9.31. The van der Waals surface area contributed by atoms with E-state index in [1.165, 1.54) is 10.9 Å². The Bertz CT molecular complexity index is 1180. The van der Waals surface area contributed by atoms with E-state index < -0.39 is 48.4 Å². The maximum atomic E-state index is 12.8. The highest BCUT2D eigenvalue weighted by molar-refractivity contribution is 5.91. The molecule has 2 aromatic rings. The van der Waals surface area contributed by atoms with Gasteiger partial charge in [0, 0.05) is 25.9 Å². The summed E-state index contributed by atoms with van der Waals surface area (Å²) in [6, 6.07) is 0. The second kappa shape index (κ2) is 13.5. The van der Waals surface area contributed by atoms with Gasteiger partial charge in [-0.05, 0) is 6.42 Å². The largest absolute Gasteiger partial charge is 0.394 e. The van der Waals surface area contributed by atoms with Gasteiger partial charge in [0.15, 0.2) is 17.4 Å². The van der Waals surface area contributed by atoms with Crippen molar-refractivity contribution in [2.45, 2.75) is 64.1 Å². The number of anilines is 1. The number of ketones is 1. The summed E-state index contributed by atoms with van der Waals surface area (Å²) in [4.78, 5) is 46.5. The quantitative estimate of drug-likeness (QED) is 0.174. The second-order valence-corrected chi connectivity index (χ2v) is 9.31. The van der Waals surface area contributed by atoms with Crippen LogP contribution in [-0.4, -0.2) is 98.9 Å². The lowest BCUT2D eigenvalue weighted by molar-refractivity contribution is -0.144. The third-order valence-corrected chi connectivity index (χ3v) is 5.86. The molecule has 39 heavy (non-hydrogen) atoms. The van der Waals surface area contributed by atoms with Crippen molar-refractivity contribution < 1.29 is 47.5 Å². The first-order valence-electron chi connectivity index (χ1n) is 12.3. The van der Waals surface area contributed by atoms with Crippen LogP contribution in [0.2, 0.25) is 0 Å². The third kappa shape index (κ3) is 7.83. The van der Waals surface area contributed by atoms with Crippen LogP contribution in [0.1, 0.15) is 39.8 Å². The van der Waals surface area contributed by atoms with E-state index in [-0.39, 0.29) is 68.4 Å². The summed E-state index contributed by atoms with van der Waals surface area (Å²) in [6.45, 7) is 3.36. The van der Waals surface area contributed by atoms with Gasteiger partial charge in [-0.1, -0.05) is 13.8 Å². The van der Waals surface area contributed by atoms with Crippen LogP contribution in [0.15, 0.2) is 11.1 Å². The fraction of sp³-hybridized carbons (Fsp3) is 0.696. The summed E-state index contributed by atoms with van der Waals surface area (Å²) in [7, 11) is 0. The number of alkyl halides is 2. The lowest BCUT2D eigenvalue weighted by atomic mass is 10.1. The highest BCUT2D eigenvalue weighted by atomic mass is 19.3. The Morgan fingerprint density at radius 1 is 1.28 bits per heavy atom. The standard InChI is InChI=1S/C23H33F2N5O9/c1-12(2)19(34)28-22-27-18-15(20(35)29-22)26-10-30(18)21-17(16(33)13(9-31)39-21)38-11-37-8-7-36-6-4-5-14(32)23(3,24)25/h10,12-13,16-17,21,31,33H,4-9,11H2,1-3H3,(H2,27,28,29,34,35)/t13-,16?,17+,21-/m1/s1. The molecule has 0 radical (unpaired) electrons. The van der Waals surface area contributed by atoms with E-state index in [1.54, 1.807) is 13.8 Å². The van der Waals surface area contributed by atoms with E-state index in [1.807, 2.05) is 0 Å². The van der Waals surface area contributed by atoms with Crippen LogP contribution in [0.5, 0.6) is 0 Å². The molecule has 0 bridgehead atoms. The summed E-state index contributed by atoms with van der Waals surface area (Å²) in [5.41, 5.74) is -0.598. The molecule has 0 aliphatic carbocycles. The summed E-state index contributed by atoms with van der Waals surface area (Å²) in [5, 5.41) is 22.8. The Balaban J connectivity index is 1.58. The molecule has 1 aliphatic rings. The van der Waals surface area contributed by atoms with Crippen molar-refractivity contribution in [2.75, 3.05) is 38.5 Å². The van der Waals surface area contributed by atoms with Gasteiger partial charge >= 0.3 is 5.92 Å². The number of halogens is 2. The molecule has 1 aliphatic heterocycles. The van der Waals surface area contributed by atoms with Crippen LogP contribution in [0.3, 0.4) is 0 Å². The van der Waals surface area contributed by atoms with Crippen LogP contribution in [0.4, 0.5) is 14.7 Å². The van der Waals surface area contributed by atoms with Crippen LogP contribution < -0.4 is 10.9 Å². The van der Waals surface area contributed by atoms with Gasteiger partial charge in [-0.15, -0.1) is 0 Å². The highest BCUT2D eigenvalue weighted by Gasteiger charge is 2.46. The number of ether oxygens (including phenoxy) is 4. The number of nitrogens with zero attached hydrogens (tertiary/aromatic N) is 3. The summed E-state index contributed by atoms with van der Waals surface area (Å²) < 4.78 is 49.0. The van der Waals surface area contributed by atoms with E-state index in [9.17, 15) is 33.4 Å². The molecule has 0 spiro atoms. The molecule has 218 valence electrons. The van der Waals surface area contributed by atoms with Crippen molar-refractivity contribution >= 4 is 28.8 Å². The first kappa shape index (κ1) is 30.6. The average molecular weight is 562 g/mol. The molecule has 0 aromatic carbocycles. The third-order valence-electron chi connectivity index (χ3n) is 5.86. The lowest BCUT2D eigenvalue weighted by Crippen LogP contribution is -2.36. The monoisotopic (exact) mass is 561 g/mol. The molecule has 0 saturated carbocycles. The van der Waals surface area contributed by atoms with E-state index in [0.717, 1.165) is 0 Å². The number of nitrogens with one attached hydrogen (secondary N) is 2. The minimum absolute atomic E-state index is 0.0420. The number of amides is 1. The molecule has 2 aromatic heterocycles. The Hall–Kier alpha value is -2.89. The van der Waals surface area contributed by atoms with Gasteiger partial charge < -0.3 is 29.2 Å². The molecular weight excluding hydrogens is 528 g/mol. The molecule has 1 saturated heterocycles. The smallest absolute Gasteiger partial charge is 0.302 e. The van der Waals surface area contributed by atoms with Crippen molar-refractivity contribution in [2.24, 2.45) is 5.92 Å². The van der Waals surface area contributed by atoms with Gasteiger partial charge in [0.25, 0.3) is 5.56 Å². The fourth-order valence-corrected chi connectivity index (χ4v) is 3.67. The predicted molar refractivity (Wildman–Crippen MR) is 130 cm³/mol. The highest BCUT2D eigenvalue weighted by Crippen LogP contribution is 2.33. The summed E-state index contributed by atoms with van der Waals surface area (Å²) >= 11 is 0. The summed E-state index contributed by atoms with van der Waals surface area (Å²) in [6.07, 6.45) is -3.28. The van der Waals surface area contributed by atoms with Gasteiger partial charge in [0.05, 0.1) is 26.1 Å². The number of fused-ring (bicyclic) bond motifs is 1. The zero-order valence-corrected chi connectivity index (χ0v) is 21.8. The van der Waals surface area contributed by atoms with Crippen LogP contribution in [0, 0.1) is 5.92 Å². The molecule has 3 heterocycles. The van der Waals surface area contributed by atoms with Gasteiger partial charge in [0.1, 0.15) is 25.1 Å². The zero-order valence-electron chi connectivity index (χ0n) is 21.8. The number of aromatic nitrogens is 4. The Morgan fingerprint density at radius 3 is 2.67 bits per heavy atom. The molecule has 3 rings (SSSR count). The number of rotatable bonds is 15. The van der Waals surface area contributed by atoms with Crippen molar-refractivity contribution in [3.63, 3.8) is 0 Å². The number of carbonyl (C=O) groups excluding carboxylic acids is 2. The van der Waals surface area contributed by atoms with E-state index in [4.69, 9.17) is 18.9 Å². The SMILES string of the molecule is CC(C)C(=O)Nc1nc2c(ncn2[C@@H]2O[C@H](CO)C(O)[C@@H]2OCOCCOCCCC(=O)C(C)(F)F)c(=O)[nH]1. The average Bonchev–Trinajstić information content (AvgIpc) is 3.43. The number of imidazole rings is 1. The van der Waals surface area contributed by atoms with Gasteiger partial charge in [-0.25, -0.2) is 4.98 Å². The van der Waals surface area contributed by atoms with E-state index in [2.05, 4.69) is 20.3 Å². The number of aliphatic hydroxyl groups is 2. The van der Waals surface area contributed by atoms with Crippen LogP contribution in [0.25, 0.3) is 11.2 Å². The van der Waals surface area contributed by atoms with E-state index in [0.29, 0.717) is 6.92 Å². The minimum atomic E-state index is -3.36. The normalized spacial score (nSPS) is 21.6. The fourth-order valence-electron chi connectivity index (χ4n) is 3.67. The van der Waals surface area contributed by atoms with Crippen LogP contribution in [-0.2, 0) is 28.5 Å². The predicted octanol–water partition coefficient (Wildman–Crippen LogP) is 0.345. The zero-order chi connectivity index (χ0) is 28.7. The number of aliphatic hydroxyl groups excluding tert-OH is 2. The van der Waals surface area contributed by atoms with Crippen molar-refractivity contribution in [3.8, 4) is 0 Å². The Morgan fingerprint density at radius 2 is 2.00 bits per heavy atom. The molecular formula is C23H33F2N5O9. The minimum Gasteiger partial charge on any atom is -0.394 e. The van der Waals surface area contributed by atoms with Crippen molar-refractivity contribution in [1.29, 1.82) is 0 Å². The lowest BCUT2D eigenvalue weighted by Gasteiger charge is -2.22. The summed E-state index contributed by atoms with van der Waals surface area (Å²) in [5.74, 6) is -5.33. The van der Waals surface area contributed by atoms with Gasteiger partial charge in [0.2, 0.25) is 17.6 Å². The molecule has 4 atom stereocenters.